The first kappa shape index (κ1) is 17.5. The van der Waals surface area contributed by atoms with Gasteiger partial charge in [-0.2, -0.15) is 0 Å². The number of fused-ring (bicyclic) bond motifs is 1. The molecule has 1 N–H and O–H groups in total. The largest absolute Gasteiger partial charge is 0.481 e. The van der Waals surface area contributed by atoms with Crippen LogP contribution in [0.15, 0.2) is 18.2 Å². The predicted octanol–water partition coefficient (Wildman–Crippen LogP) is 4.15. The van der Waals surface area contributed by atoms with Gasteiger partial charge in [-0.05, 0) is 43.4 Å². The maximum absolute atomic E-state index is 13.3. The normalized spacial score (nSPS) is 29.0. The van der Waals surface area contributed by atoms with Crippen LogP contribution in [-0.2, 0) is 4.79 Å². The number of likely N-dealkylation sites (tertiary alicyclic amines) is 1. The maximum Gasteiger partial charge on any atom is 0.311 e. The number of halogens is 3. The smallest absolute Gasteiger partial charge is 0.311 e. The van der Waals surface area contributed by atoms with Gasteiger partial charge in [0.25, 0.3) is 0 Å². The molecule has 1 aromatic rings. The standard InChI is InChI=1S/C16H19ClFNO2.ClH/c1-10(11-4-5-14(18)13(17)7-11)19-8-12-3-2-6-16(12,9-19)15(20)21;/h4-5,7,10,12H,2-3,6,8-9H2,1H3,(H,20,21);1H/t10?,12-,16+;/m0./s1. The van der Waals surface area contributed by atoms with Crippen molar-refractivity contribution >= 4 is 30.0 Å². The van der Waals surface area contributed by atoms with Crippen LogP contribution in [-0.4, -0.2) is 29.1 Å². The van der Waals surface area contributed by atoms with Gasteiger partial charge in [0.1, 0.15) is 5.82 Å². The summed E-state index contributed by atoms with van der Waals surface area (Å²) in [5.41, 5.74) is 0.347. The van der Waals surface area contributed by atoms with Gasteiger partial charge in [0.15, 0.2) is 0 Å². The zero-order chi connectivity index (χ0) is 15.2. The van der Waals surface area contributed by atoms with Crippen LogP contribution in [0.2, 0.25) is 5.02 Å². The molecule has 1 aliphatic heterocycles. The Balaban J connectivity index is 0.00000176. The first-order valence-corrected chi connectivity index (χ1v) is 7.74. The summed E-state index contributed by atoms with van der Waals surface area (Å²) < 4.78 is 13.3. The minimum atomic E-state index is -0.670. The zero-order valence-electron chi connectivity index (χ0n) is 12.4. The lowest BCUT2D eigenvalue weighted by Crippen LogP contribution is -2.36. The van der Waals surface area contributed by atoms with Crippen LogP contribution in [0.3, 0.4) is 0 Å². The number of hydrogen-bond donors (Lipinski definition) is 1. The molecule has 122 valence electrons. The van der Waals surface area contributed by atoms with Crippen molar-refractivity contribution < 1.29 is 14.3 Å². The molecule has 0 radical (unpaired) electrons. The van der Waals surface area contributed by atoms with Crippen molar-refractivity contribution in [3.05, 3.63) is 34.6 Å². The number of carbonyl (C=O) groups is 1. The molecular formula is C16H20Cl2FNO2. The number of hydrogen-bond acceptors (Lipinski definition) is 2. The molecular weight excluding hydrogens is 328 g/mol. The van der Waals surface area contributed by atoms with Crippen LogP contribution < -0.4 is 0 Å². The Kier molecular flexibility index (Phi) is 5.05. The SMILES string of the molecule is CC(c1ccc(F)c(Cl)c1)N1C[C@@H]2CCC[C@@]2(C(=O)O)C1.Cl. The molecule has 1 saturated heterocycles. The third-order valence-electron chi connectivity index (χ3n) is 5.30. The summed E-state index contributed by atoms with van der Waals surface area (Å²) >= 11 is 5.85. The van der Waals surface area contributed by atoms with Crippen molar-refractivity contribution in [3.8, 4) is 0 Å². The topological polar surface area (TPSA) is 40.5 Å². The Morgan fingerprint density at radius 2 is 2.27 bits per heavy atom. The van der Waals surface area contributed by atoms with E-state index in [2.05, 4.69) is 4.90 Å². The third-order valence-corrected chi connectivity index (χ3v) is 5.59. The van der Waals surface area contributed by atoms with Crippen LogP contribution >= 0.6 is 24.0 Å². The fraction of sp³-hybridized carbons (Fsp3) is 0.562. The van der Waals surface area contributed by atoms with Gasteiger partial charge < -0.3 is 5.11 Å². The van der Waals surface area contributed by atoms with Crippen molar-refractivity contribution in [2.45, 2.75) is 32.2 Å². The fourth-order valence-corrected chi connectivity index (χ4v) is 4.14. The molecule has 0 aromatic heterocycles. The summed E-state index contributed by atoms with van der Waals surface area (Å²) in [6, 6.07) is 4.79. The number of benzene rings is 1. The molecule has 2 aliphatic rings. The highest BCUT2D eigenvalue weighted by Crippen LogP contribution is 2.50. The molecule has 1 aromatic carbocycles. The molecule has 2 fully saturated rings. The van der Waals surface area contributed by atoms with Crippen molar-refractivity contribution in [3.63, 3.8) is 0 Å². The highest BCUT2D eigenvalue weighted by atomic mass is 35.5. The van der Waals surface area contributed by atoms with Crippen molar-refractivity contribution in [2.75, 3.05) is 13.1 Å². The van der Waals surface area contributed by atoms with E-state index in [4.69, 9.17) is 11.6 Å². The lowest BCUT2D eigenvalue weighted by molar-refractivity contribution is -0.149. The molecule has 1 aliphatic carbocycles. The number of aliphatic carboxylic acids is 1. The van der Waals surface area contributed by atoms with E-state index < -0.39 is 17.2 Å². The summed E-state index contributed by atoms with van der Waals surface area (Å²) in [6.45, 7) is 3.39. The second-order valence-corrected chi connectivity index (χ2v) is 6.74. The number of nitrogens with zero attached hydrogens (tertiary/aromatic N) is 1. The van der Waals surface area contributed by atoms with Gasteiger partial charge in [0.05, 0.1) is 10.4 Å². The van der Waals surface area contributed by atoms with Gasteiger partial charge in [-0.1, -0.05) is 24.1 Å². The van der Waals surface area contributed by atoms with E-state index in [-0.39, 0.29) is 29.4 Å². The van der Waals surface area contributed by atoms with E-state index in [0.29, 0.717) is 6.54 Å². The lowest BCUT2D eigenvalue weighted by Gasteiger charge is -2.27. The minimum absolute atomic E-state index is 0. The van der Waals surface area contributed by atoms with Gasteiger partial charge in [-0.15, -0.1) is 12.4 Å². The van der Waals surface area contributed by atoms with E-state index in [1.807, 2.05) is 6.92 Å². The molecule has 6 heteroatoms. The Bertz CT molecular complexity index is 583. The van der Waals surface area contributed by atoms with E-state index in [1.54, 1.807) is 12.1 Å². The quantitative estimate of drug-likeness (QED) is 0.892. The van der Waals surface area contributed by atoms with Crippen molar-refractivity contribution in [1.82, 2.24) is 4.90 Å². The second-order valence-electron chi connectivity index (χ2n) is 6.33. The van der Waals surface area contributed by atoms with Crippen LogP contribution in [0, 0.1) is 17.2 Å². The Hall–Kier alpha value is -0.840. The number of carboxylic acids is 1. The Morgan fingerprint density at radius 1 is 1.55 bits per heavy atom. The summed E-state index contributed by atoms with van der Waals surface area (Å²) in [6.07, 6.45) is 2.75. The van der Waals surface area contributed by atoms with Crippen LogP contribution in [0.4, 0.5) is 4.39 Å². The van der Waals surface area contributed by atoms with Crippen LogP contribution in [0.25, 0.3) is 0 Å². The minimum Gasteiger partial charge on any atom is -0.481 e. The Morgan fingerprint density at radius 3 is 2.86 bits per heavy atom. The first-order chi connectivity index (χ1) is 9.94. The summed E-state index contributed by atoms with van der Waals surface area (Å²) in [4.78, 5) is 13.9. The monoisotopic (exact) mass is 347 g/mol. The average molecular weight is 348 g/mol. The molecule has 1 unspecified atom stereocenters. The molecule has 22 heavy (non-hydrogen) atoms. The van der Waals surface area contributed by atoms with Crippen molar-refractivity contribution in [1.29, 1.82) is 0 Å². The van der Waals surface area contributed by atoms with Gasteiger partial charge in [0.2, 0.25) is 0 Å². The molecule has 0 bridgehead atoms. The first-order valence-electron chi connectivity index (χ1n) is 7.36. The second kappa shape index (κ2) is 6.34. The van der Waals surface area contributed by atoms with Gasteiger partial charge in [-0.3, -0.25) is 9.69 Å². The molecule has 1 saturated carbocycles. The highest BCUT2D eigenvalue weighted by Gasteiger charge is 2.55. The highest BCUT2D eigenvalue weighted by molar-refractivity contribution is 6.30. The summed E-state index contributed by atoms with van der Waals surface area (Å²) in [5, 5.41) is 9.74. The molecule has 0 spiro atoms. The van der Waals surface area contributed by atoms with Crippen LogP contribution in [0.5, 0.6) is 0 Å². The maximum atomic E-state index is 13.3. The average Bonchev–Trinajstić information content (AvgIpc) is 2.98. The summed E-state index contributed by atoms with van der Waals surface area (Å²) in [7, 11) is 0. The van der Waals surface area contributed by atoms with Gasteiger partial charge in [-0.25, -0.2) is 4.39 Å². The molecule has 1 heterocycles. The van der Waals surface area contributed by atoms with E-state index >= 15 is 0 Å². The predicted molar refractivity (Wildman–Crippen MR) is 86.1 cm³/mol. The molecule has 0 amide bonds. The molecule has 3 nitrogen and oxygen atoms in total. The van der Waals surface area contributed by atoms with Gasteiger partial charge >= 0.3 is 5.97 Å². The van der Waals surface area contributed by atoms with E-state index in [1.165, 1.54) is 6.07 Å². The fourth-order valence-electron chi connectivity index (χ4n) is 3.96. The van der Waals surface area contributed by atoms with E-state index in [9.17, 15) is 14.3 Å². The van der Waals surface area contributed by atoms with Crippen LogP contribution in [0.1, 0.15) is 37.8 Å². The molecule has 3 atom stereocenters. The molecule has 3 rings (SSSR count). The lowest BCUT2D eigenvalue weighted by atomic mass is 9.81. The third kappa shape index (κ3) is 2.72. The number of carboxylic acid groups (broad SMARTS) is 1. The van der Waals surface area contributed by atoms with E-state index in [0.717, 1.165) is 31.4 Å². The number of rotatable bonds is 3. The van der Waals surface area contributed by atoms with Crippen molar-refractivity contribution in [2.24, 2.45) is 11.3 Å². The summed E-state index contributed by atoms with van der Waals surface area (Å²) in [5.74, 6) is -0.863. The Labute approximate surface area is 140 Å². The van der Waals surface area contributed by atoms with Gasteiger partial charge in [0, 0.05) is 19.1 Å². The zero-order valence-corrected chi connectivity index (χ0v) is 14.0.